The quantitative estimate of drug-likeness (QED) is 0.530. The van der Waals surface area contributed by atoms with Crippen molar-refractivity contribution in [2.75, 3.05) is 19.8 Å². The number of rotatable bonds is 10. The molecule has 19 heavy (non-hydrogen) atoms. The zero-order chi connectivity index (χ0) is 13.9. The molecule has 0 heterocycles. The fraction of sp³-hybridized carbons (Fsp3) is 0.600. The summed E-state index contributed by atoms with van der Waals surface area (Å²) in [4.78, 5) is 0. The van der Waals surface area contributed by atoms with Crippen molar-refractivity contribution in [1.82, 2.24) is 0 Å². The number of aliphatic hydroxyl groups excluding tert-OH is 1. The first-order valence-electron chi connectivity index (χ1n) is 7.22. The van der Waals surface area contributed by atoms with E-state index >= 15 is 0 Å². The third-order valence-electron chi connectivity index (χ3n) is 3.04. The molecule has 1 aromatic carbocycles. The van der Waals surface area contributed by atoms with Gasteiger partial charge in [0.15, 0.2) is 0 Å². The van der Waals surface area contributed by atoms with Gasteiger partial charge in [0.1, 0.15) is 0 Å². The van der Waals surface area contributed by atoms with Crippen molar-refractivity contribution in [2.24, 2.45) is 0 Å². The van der Waals surface area contributed by atoms with Gasteiger partial charge in [-0.1, -0.05) is 43.7 Å². The second-order valence-electron chi connectivity index (χ2n) is 4.60. The van der Waals surface area contributed by atoms with Gasteiger partial charge in [-0.25, -0.2) is 0 Å². The Morgan fingerprint density at radius 3 is 2.53 bits per heavy atom. The molecule has 0 aliphatic rings. The molecule has 1 N–H and O–H groups in total. The first-order chi connectivity index (χ1) is 9.29. The van der Waals surface area contributed by atoms with Crippen molar-refractivity contribution in [3.8, 4) is 0 Å². The van der Waals surface area contributed by atoms with Crippen molar-refractivity contribution in [1.29, 1.82) is 0 Å². The maximum atomic E-state index is 10.4. The second kappa shape index (κ2) is 10.1. The fourth-order valence-electron chi connectivity index (χ4n) is 2.02. The van der Waals surface area contributed by atoms with Gasteiger partial charge in [0.2, 0.25) is 9.04 Å². The Hall–Kier alpha value is -0.683. The lowest BCUT2D eigenvalue weighted by Gasteiger charge is -2.21. The first kappa shape index (κ1) is 16.4. The highest BCUT2D eigenvalue weighted by Crippen LogP contribution is 2.20. The van der Waals surface area contributed by atoms with Crippen LogP contribution in [0.1, 0.15) is 38.0 Å². The van der Waals surface area contributed by atoms with Crippen molar-refractivity contribution in [3.05, 3.63) is 35.9 Å². The van der Waals surface area contributed by atoms with Crippen LogP contribution in [-0.4, -0.2) is 34.0 Å². The number of hydrogen-bond donors (Lipinski definition) is 1. The summed E-state index contributed by atoms with van der Waals surface area (Å²) in [5, 5.41) is 10.4. The zero-order valence-electron chi connectivity index (χ0n) is 12.0. The van der Waals surface area contributed by atoms with Crippen molar-refractivity contribution in [2.45, 2.75) is 38.5 Å². The number of aliphatic hydroxyl groups is 1. The molecule has 0 saturated carbocycles. The monoisotopic (exact) mass is 282 g/mol. The molecule has 2 unspecified atom stereocenters. The van der Waals surface area contributed by atoms with E-state index in [9.17, 15) is 5.11 Å². The Kier molecular flexibility index (Phi) is 8.74. The standard InChI is InChI=1S/C15H26O3Si/c1-3-13-19(18-12-8-11-17-4-2)15(16)14-9-6-5-7-10-14/h5-7,9-10,15-16,19H,3-4,8,11-13H2,1-2H3. The van der Waals surface area contributed by atoms with Gasteiger partial charge in [0.05, 0.1) is 5.73 Å². The van der Waals surface area contributed by atoms with Gasteiger partial charge in [-0.15, -0.1) is 0 Å². The maximum absolute atomic E-state index is 10.4. The van der Waals surface area contributed by atoms with Crippen molar-refractivity contribution in [3.63, 3.8) is 0 Å². The Morgan fingerprint density at radius 1 is 1.16 bits per heavy atom. The third-order valence-corrected chi connectivity index (χ3v) is 5.93. The SMILES string of the molecule is CCC[SiH](OCCCOCC)C(O)c1ccccc1. The highest BCUT2D eigenvalue weighted by molar-refractivity contribution is 6.53. The third kappa shape index (κ3) is 6.34. The van der Waals surface area contributed by atoms with E-state index in [-0.39, 0.29) is 0 Å². The Balaban J connectivity index is 2.42. The van der Waals surface area contributed by atoms with E-state index in [1.165, 1.54) is 0 Å². The van der Waals surface area contributed by atoms with Crippen LogP contribution >= 0.6 is 0 Å². The number of hydrogen-bond acceptors (Lipinski definition) is 3. The Labute approximate surface area is 118 Å². The number of ether oxygens (including phenoxy) is 1. The van der Waals surface area contributed by atoms with Gasteiger partial charge in [0.25, 0.3) is 0 Å². The van der Waals surface area contributed by atoms with Gasteiger partial charge in [-0.3, -0.25) is 0 Å². The van der Waals surface area contributed by atoms with E-state index in [2.05, 4.69) is 6.92 Å². The molecule has 0 aromatic heterocycles. The van der Waals surface area contributed by atoms with Gasteiger partial charge in [-0.05, 0) is 25.0 Å². The summed E-state index contributed by atoms with van der Waals surface area (Å²) in [6.07, 6.45) is 1.97. The second-order valence-corrected chi connectivity index (χ2v) is 7.22. The molecule has 3 nitrogen and oxygen atoms in total. The summed E-state index contributed by atoms with van der Waals surface area (Å²) < 4.78 is 11.2. The molecule has 0 aliphatic carbocycles. The Bertz CT molecular complexity index is 318. The van der Waals surface area contributed by atoms with Crippen LogP contribution in [-0.2, 0) is 9.16 Å². The summed E-state index contributed by atoms with van der Waals surface area (Å²) in [6.45, 7) is 6.32. The van der Waals surface area contributed by atoms with Gasteiger partial charge >= 0.3 is 0 Å². The van der Waals surface area contributed by atoms with E-state index in [0.717, 1.165) is 37.7 Å². The largest absolute Gasteiger partial charge is 0.417 e. The molecule has 0 spiro atoms. The number of benzene rings is 1. The average molecular weight is 282 g/mol. The highest BCUT2D eigenvalue weighted by Gasteiger charge is 2.23. The summed E-state index contributed by atoms with van der Waals surface area (Å²) >= 11 is 0. The lowest BCUT2D eigenvalue weighted by atomic mass is 10.2. The zero-order valence-corrected chi connectivity index (χ0v) is 13.2. The molecule has 0 amide bonds. The van der Waals surface area contributed by atoms with E-state index < -0.39 is 14.8 Å². The molecule has 1 rings (SSSR count). The van der Waals surface area contributed by atoms with Crippen molar-refractivity contribution >= 4 is 9.04 Å². The molecule has 0 radical (unpaired) electrons. The molecule has 1 aromatic rings. The van der Waals surface area contributed by atoms with Crippen LogP contribution in [0, 0.1) is 0 Å². The summed E-state index contributed by atoms with van der Waals surface area (Å²) in [5.41, 5.74) is 0.575. The highest BCUT2D eigenvalue weighted by atomic mass is 28.3. The van der Waals surface area contributed by atoms with Crippen LogP contribution in [0.25, 0.3) is 0 Å². The van der Waals surface area contributed by atoms with Gasteiger partial charge in [-0.2, -0.15) is 0 Å². The summed E-state index contributed by atoms with van der Waals surface area (Å²) in [7, 11) is -1.61. The predicted molar refractivity (Wildman–Crippen MR) is 80.7 cm³/mol. The summed E-state index contributed by atoms with van der Waals surface area (Å²) in [6, 6.07) is 10.9. The minimum absolute atomic E-state index is 0.409. The van der Waals surface area contributed by atoms with E-state index in [4.69, 9.17) is 9.16 Å². The first-order valence-corrected chi connectivity index (χ1v) is 9.17. The Morgan fingerprint density at radius 2 is 1.89 bits per heavy atom. The molecule has 4 heteroatoms. The van der Waals surface area contributed by atoms with Gasteiger partial charge < -0.3 is 14.3 Å². The molecule has 2 atom stereocenters. The smallest absolute Gasteiger partial charge is 0.210 e. The predicted octanol–water partition coefficient (Wildman–Crippen LogP) is 2.84. The molecule has 108 valence electrons. The lowest BCUT2D eigenvalue weighted by Crippen LogP contribution is -2.28. The van der Waals surface area contributed by atoms with E-state index in [1.54, 1.807) is 0 Å². The molecule has 0 aliphatic heterocycles. The van der Waals surface area contributed by atoms with Crippen LogP contribution < -0.4 is 0 Å². The van der Waals surface area contributed by atoms with Crippen LogP contribution in [0.2, 0.25) is 6.04 Å². The van der Waals surface area contributed by atoms with Crippen LogP contribution in [0.15, 0.2) is 30.3 Å². The normalized spacial score (nSPS) is 14.3. The fourth-order valence-corrected chi connectivity index (χ4v) is 4.38. The molecular formula is C15H26O3Si. The van der Waals surface area contributed by atoms with E-state index in [1.807, 2.05) is 37.3 Å². The van der Waals surface area contributed by atoms with E-state index in [0.29, 0.717) is 6.61 Å². The molecule has 0 saturated heterocycles. The minimum Gasteiger partial charge on any atom is -0.417 e. The minimum atomic E-state index is -1.61. The van der Waals surface area contributed by atoms with Crippen LogP contribution in [0.4, 0.5) is 0 Å². The molecule has 0 fully saturated rings. The maximum Gasteiger partial charge on any atom is 0.210 e. The topological polar surface area (TPSA) is 38.7 Å². The summed E-state index contributed by atoms with van der Waals surface area (Å²) in [5.74, 6) is 0. The van der Waals surface area contributed by atoms with Gasteiger partial charge in [0, 0.05) is 19.8 Å². The molecule has 0 bridgehead atoms. The average Bonchev–Trinajstić information content (AvgIpc) is 2.46. The lowest BCUT2D eigenvalue weighted by molar-refractivity contribution is 0.126. The van der Waals surface area contributed by atoms with Crippen LogP contribution in [0.3, 0.4) is 0 Å². The van der Waals surface area contributed by atoms with Crippen molar-refractivity contribution < 1.29 is 14.3 Å². The molecular weight excluding hydrogens is 256 g/mol. The van der Waals surface area contributed by atoms with Crippen LogP contribution in [0.5, 0.6) is 0 Å².